The Morgan fingerprint density at radius 3 is 3.05 bits per heavy atom. The molecule has 0 saturated carbocycles. The number of hydrogen-bond acceptors (Lipinski definition) is 3. The van der Waals surface area contributed by atoms with Gasteiger partial charge in [0.1, 0.15) is 5.75 Å². The fraction of sp³-hybridized carbons (Fsp3) is 0.429. The number of carbonyl (C=O) groups excluding carboxylic acids is 2. The van der Waals surface area contributed by atoms with E-state index >= 15 is 0 Å². The molecule has 1 aromatic rings. The molecule has 1 aromatic carbocycles. The molecule has 0 aliphatic carbocycles. The van der Waals surface area contributed by atoms with E-state index in [2.05, 4.69) is 22.9 Å². The Hall–Kier alpha value is -2.24. The van der Waals surface area contributed by atoms with Crippen molar-refractivity contribution in [1.29, 1.82) is 0 Å². The van der Waals surface area contributed by atoms with Crippen LogP contribution in [-0.2, 0) is 4.79 Å². The Morgan fingerprint density at radius 2 is 2.25 bits per heavy atom. The third-order valence-corrected chi connectivity index (χ3v) is 2.94. The van der Waals surface area contributed by atoms with Crippen LogP contribution in [0, 0.1) is 0 Å². The molecule has 6 heteroatoms. The summed E-state index contributed by atoms with van der Waals surface area (Å²) in [6.07, 6.45) is 3.20. The smallest absolute Gasteiger partial charge is 0.319 e. The second-order valence-electron chi connectivity index (χ2n) is 4.64. The van der Waals surface area contributed by atoms with Gasteiger partial charge >= 0.3 is 6.03 Å². The summed E-state index contributed by atoms with van der Waals surface area (Å²) >= 11 is 0. The van der Waals surface area contributed by atoms with Gasteiger partial charge in [0, 0.05) is 18.3 Å². The van der Waals surface area contributed by atoms with Gasteiger partial charge in [0.15, 0.2) is 6.61 Å². The van der Waals surface area contributed by atoms with Crippen LogP contribution in [0.5, 0.6) is 5.75 Å². The highest BCUT2D eigenvalue weighted by atomic mass is 16.5. The van der Waals surface area contributed by atoms with Gasteiger partial charge in [-0.3, -0.25) is 4.79 Å². The first-order valence-electron chi connectivity index (χ1n) is 6.80. The van der Waals surface area contributed by atoms with Crippen LogP contribution in [0.2, 0.25) is 0 Å². The quantitative estimate of drug-likeness (QED) is 0.723. The van der Waals surface area contributed by atoms with Crippen molar-refractivity contribution in [1.82, 2.24) is 5.32 Å². The van der Waals surface area contributed by atoms with Gasteiger partial charge in [-0.1, -0.05) is 19.8 Å². The number of fused-ring (bicyclic) bond motifs is 1. The van der Waals surface area contributed by atoms with Crippen LogP contribution in [0.3, 0.4) is 0 Å². The second kappa shape index (κ2) is 6.79. The molecule has 1 aliphatic heterocycles. The molecule has 0 spiro atoms. The number of anilines is 2. The number of benzene rings is 1. The van der Waals surface area contributed by atoms with E-state index in [4.69, 9.17) is 4.74 Å². The summed E-state index contributed by atoms with van der Waals surface area (Å²) in [5, 5.41) is 8.23. The summed E-state index contributed by atoms with van der Waals surface area (Å²) in [5.41, 5.74) is 1.25. The average Bonchev–Trinajstić information content (AvgIpc) is 2.44. The van der Waals surface area contributed by atoms with Crippen LogP contribution < -0.4 is 20.7 Å². The molecular weight excluding hydrogens is 258 g/mol. The normalized spacial score (nSPS) is 12.9. The maximum Gasteiger partial charge on any atom is 0.319 e. The van der Waals surface area contributed by atoms with Gasteiger partial charge < -0.3 is 20.7 Å². The van der Waals surface area contributed by atoms with Crippen molar-refractivity contribution in [3.63, 3.8) is 0 Å². The monoisotopic (exact) mass is 277 g/mol. The molecule has 0 fully saturated rings. The molecule has 108 valence electrons. The molecule has 0 radical (unpaired) electrons. The topological polar surface area (TPSA) is 79.5 Å². The Bertz CT molecular complexity index is 502. The molecule has 0 atom stereocenters. The maximum absolute atomic E-state index is 11.7. The predicted molar refractivity (Wildman–Crippen MR) is 77.1 cm³/mol. The lowest BCUT2D eigenvalue weighted by molar-refractivity contribution is -0.118. The van der Waals surface area contributed by atoms with Crippen LogP contribution in [0.15, 0.2) is 18.2 Å². The van der Waals surface area contributed by atoms with Crippen LogP contribution in [0.25, 0.3) is 0 Å². The molecule has 1 aliphatic rings. The number of nitrogens with one attached hydrogen (secondary N) is 3. The van der Waals surface area contributed by atoms with E-state index in [9.17, 15) is 9.59 Å². The van der Waals surface area contributed by atoms with Gasteiger partial charge in [0.25, 0.3) is 5.91 Å². The Kier molecular flexibility index (Phi) is 4.81. The summed E-state index contributed by atoms with van der Waals surface area (Å²) in [5.74, 6) is 0.389. The van der Waals surface area contributed by atoms with Gasteiger partial charge in [-0.15, -0.1) is 0 Å². The van der Waals surface area contributed by atoms with Gasteiger partial charge in [-0.2, -0.15) is 0 Å². The number of hydrogen-bond donors (Lipinski definition) is 3. The van der Waals surface area contributed by atoms with E-state index < -0.39 is 0 Å². The molecule has 2 rings (SSSR count). The minimum atomic E-state index is -0.235. The Balaban J connectivity index is 1.87. The fourth-order valence-corrected chi connectivity index (χ4v) is 1.90. The minimum absolute atomic E-state index is 0.000330. The first-order valence-corrected chi connectivity index (χ1v) is 6.80. The van der Waals surface area contributed by atoms with Crippen LogP contribution >= 0.6 is 0 Å². The van der Waals surface area contributed by atoms with E-state index in [-0.39, 0.29) is 18.5 Å². The fourth-order valence-electron chi connectivity index (χ4n) is 1.90. The van der Waals surface area contributed by atoms with Crippen molar-refractivity contribution in [3.8, 4) is 5.75 Å². The first kappa shape index (κ1) is 14.2. The highest BCUT2D eigenvalue weighted by Gasteiger charge is 2.16. The van der Waals surface area contributed by atoms with Crippen LogP contribution in [0.1, 0.15) is 26.2 Å². The number of urea groups is 1. The van der Waals surface area contributed by atoms with Crippen molar-refractivity contribution in [2.75, 3.05) is 23.8 Å². The lowest BCUT2D eigenvalue weighted by Crippen LogP contribution is -2.29. The minimum Gasteiger partial charge on any atom is -0.482 e. The highest BCUT2D eigenvalue weighted by molar-refractivity contribution is 5.96. The van der Waals surface area contributed by atoms with Crippen molar-refractivity contribution >= 4 is 23.3 Å². The molecule has 0 unspecified atom stereocenters. The van der Waals surface area contributed by atoms with E-state index in [0.717, 1.165) is 19.3 Å². The van der Waals surface area contributed by atoms with Crippen LogP contribution in [-0.4, -0.2) is 25.1 Å². The number of unbranched alkanes of at least 4 members (excludes halogenated alkanes) is 2. The van der Waals surface area contributed by atoms with Crippen molar-refractivity contribution in [2.24, 2.45) is 0 Å². The summed E-state index contributed by atoms with van der Waals surface area (Å²) in [6.45, 7) is 2.78. The lowest BCUT2D eigenvalue weighted by atomic mass is 10.2. The number of rotatable bonds is 5. The Morgan fingerprint density at radius 1 is 1.40 bits per heavy atom. The molecular formula is C14H19N3O3. The predicted octanol–water partition coefficient (Wildman–Crippen LogP) is 2.33. The number of ether oxygens (including phenoxy) is 1. The highest BCUT2D eigenvalue weighted by Crippen LogP contribution is 2.30. The van der Waals surface area contributed by atoms with Gasteiger partial charge in [-0.05, 0) is 18.6 Å². The first-order chi connectivity index (χ1) is 9.69. The van der Waals surface area contributed by atoms with E-state index in [1.54, 1.807) is 18.2 Å². The number of amides is 3. The van der Waals surface area contributed by atoms with E-state index in [0.29, 0.717) is 23.7 Å². The zero-order valence-electron chi connectivity index (χ0n) is 11.5. The molecule has 0 saturated heterocycles. The van der Waals surface area contributed by atoms with Crippen LogP contribution in [0.4, 0.5) is 16.2 Å². The average molecular weight is 277 g/mol. The summed E-state index contributed by atoms with van der Waals surface area (Å²) in [4.78, 5) is 22.8. The third kappa shape index (κ3) is 3.88. The summed E-state index contributed by atoms with van der Waals surface area (Å²) in [6, 6.07) is 4.89. The lowest BCUT2D eigenvalue weighted by Gasteiger charge is -2.18. The SMILES string of the molecule is CCCCCNC(=O)Nc1ccc2c(c1)OCC(=O)N2. The zero-order chi connectivity index (χ0) is 14.4. The van der Waals surface area contributed by atoms with Crippen molar-refractivity contribution < 1.29 is 14.3 Å². The second-order valence-corrected chi connectivity index (χ2v) is 4.64. The molecule has 3 amide bonds. The molecule has 20 heavy (non-hydrogen) atoms. The number of carbonyl (C=O) groups is 2. The van der Waals surface area contributed by atoms with Gasteiger partial charge in [-0.25, -0.2) is 4.79 Å². The molecule has 0 aromatic heterocycles. The molecule has 0 bridgehead atoms. The third-order valence-electron chi connectivity index (χ3n) is 2.94. The molecule has 6 nitrogen and oxygen atoms in total. The van der Waals surface area contributed by atoms with E-state index in [1.165, 1.54) is 0 Å². The molecule has 1 heterocycles. The maximum atomic E-state index is 11.7. The standard InChI is InChI=1S/C14H19N3O3/c1-2-3-4-7-15-14(19)16-10-5-6-11-12(8-10)20-9-13(18)17-11/h5-6,8H,2-4,7,9H2,1H3,(H,17,18)(H2,15,16,19). The van der Waals surface area contributed by atoms with Gasteiger partial charge in [0.05, 0.1) is 5.69 Å². The summed E-state index contributed by atoms with van der Waals surface area (Å²) in [7, 11) is 0. The van der Waals surface area contributed by atoms with Gasteiger partial charge in [0.2, 0.25) is 0 Å². The van der Waals surface area contributed by atoms with Crippen molar-refractivity contribution in [3.05, 3.63) is 18.2 Å². The Labute approximate surface area is 117 Å². The summed E-state index contributed by atoms with van der Waals surface area (Å²) < 4.78 is 5.29. The van der Waals surface area contributed by atoms with Crippen molar-refractivity contribution in [2.45, 2.75) is 26.2 Å². The van der Waals surface area contributed by atoms with E-state index in [1.807, 2.05) is 0 Å². The molecule has 3 N–H and O–H groups in total. The zero-order valence-corrected chi connectivity index (χ0v) is 11.5. The largest absolute Gasteiger partial charge is 0.482 e.